The molecule has 0 atom stereocenters. The second-order valence-electron chi connectivity index (χ2n) is 7.72. The van der Waals surface area contributed by atoms with Gasteiger partial charge < -0.3 is 19.5 Å². The number of carbonyl (C=O) groups excluding carboxylic acids is 2. The van der Waals surface area contributed by atoms with Gasteiger partial charge in [-0.3, -0.25) is 9.59 Å². The molecule has 1 N–H and O–H groups in total. The molecule has 0 bridgehead atoms. The highest BCUT2D eigenvalue weighted by Gasteiger charge is 2.29. The number of aryl methyl sites for hydroxylation is 1. The highest BCUT2D eigenvalue weighted by atomic mass is 16.5. The first-order chi connectivity index (χ1) is 13.8. The summed E-state index contributed by atoms with van der Waals surface area (Å²) in [6, 6.07) is 9.54. The molecular weight excluding hydrogens is 370 g/mol. The van der Waals surface area contributed by atoms with Crippen LogP contribution in [0.15, 0.2) is 30.3 Å². The average Bonchev–Trinajstić information content (AvgIpc) is 3.10. The monoisotopic (exact) mass is 397 g/mol. The largest absolute Gasteiger partial charge is 0.493 e. The van der Waals surface area contributed by atoms with E-state index in [-0.39, 0.29) is 18.3 Å². The van der Waals surface area contributed by atoms with Gasteiger partial charge in [0, 0.05) is 24.6 Å². The summed E-state index contributed by atoms with van der Waals surface area (Å²) in [7, 11) is 4.73. The summed E-state index contributed by atoms with van der Waals surface area (Å²) >= 11 is 0. The molecule has 0 radical (unpaired) electrons. The molecule has 6 heteroatoms. The van der Waals surface area contributed by atoms with Crippen LogP contribution in [0.2, 0.25) is 0 Å². The van der Waals surface area contributed by atoms with E-state index in [9.17, 15) is 9.59 Å². The second kappa shape index (κ2) is 8.15. The molecule has 0 aliphatic heterocycles. The van der Waals surface area contributed by atoms with Gasteiger partial charge in [0.25, 0.3) is 0 Å². The fourth-order valence-electron chi connectivity index (χ4n) is 3.55. The first-order valence-corrected chi connectivity index (χ1v) is 9.59. The smallest absolute Gasteiger partial charge is 0.228 e. The molecule has 0 heterocycles. The van der Waals surface area contributed by atoms with Gasteiger partial charge in [0.2, 0.25) is 11.7 Å². The summed E-state index contributed by atoms with van der Waals surface area (Å²) in [6.45, 7) is 3.80. The van der Waals surface area contributed by atoms with Gasteiger partial charge in [0.1, 0.15) is 6.61 Å². The lowest BCUT2D eigenvalue weighted by Crippen LogP contribution is -2.39. The molecule has 0 aromatic heterocycles. The second-order valence-corrected chi connectivity index (χ2v) is 7.72. The first-order valence-electron chi connectivity index (χ1n) is 9.59. The Bertz CT molecular complexity index is 949. The number of nitrogens with one attached hydrogen (secondary N) is 1. The van der Waals surface area contributed by atoms with Crippen molar-refractivity contribution >= 4 is 11.7 Å². The van der Waals surface area contributed by atoms with Gasteiger partial charge in [0.05, 0.1) is 19.6 Å². The summed E-state index contributed by atoms with van der Waals surface area (Å²) in [6.07, 6.45) is 1.30. The standard InChI is InChI=1S/C23H27NO5/c1-23(2,22(26)24-3)13-29-20-17(9-11-19(27-4)21(20)28-5)15-6-8-16-14(12-15)7-10-18(16)25/h6,8-9,11-12H,7,10,13H2,1-5H3,(H,24,26). The minimum Gasteiger partial charge on any atom is -0.493 e. The van der Waals surface area contributed by atoms with Crippen LogP contribution in [-0.2, 0) is 11.2 Å². The molecule has 0 saturated carbocycles. The van der Waals surface area contributed by atoms with Crippen LogP contribution in [0, 0.1) is 5.41 Å². The number of fused-ring (bicyclic) bond motifs is 1. The van der Waals surface area contributed by atoms with Crippen LogP contribution in [0.5, 0.6) is 17.2 Å². The van der Waals surface area contributed by atoms with Crippen LogP contribution in [0.1, 0.15) is 36.2 Å². The Balaban J connectivity index is 2.06. The minimum absolute atomic E-state index is 0.114. The number of amides is 1. The molecule has 2 aromatic rings. The van der Waals surface area contributed by atoms with Crippen molar-refractivity contribution in [3.05, 3.63) is 41.5 Å². The topological polar surface area (TPSA) is 73.9 Å². The highest BCUT2D eigenvalue weighted by molar-refractivity contribution is 6.01. The molecule has 2 aromatic carbocycles. The molecule has 0 saturated heterocycles. The molecule has 154 valence electrons. The van der Waals surface area contributed by atoms with Crippen molar-refractivity contribution in [2.75, 3.05) is 27.9 Å². The molecule has 6 nitrogen and oxygen atoms in total. The molecule has 1 amide bonds. The van der Waals surface area contributed by atoms with Crippen molar-refractivity contribution in [2.45, 2.75) is 26.7 Å². The van der Waals surface area contributed by atoms with E-state index < -0.39 is 5.41 Å². The van der Waals surface area contributed by atoms with E-state index in [0.717, 1.165) is 28.7 Å². The van der Waals surface area contributed by atoms with Gasteiger partial charge in [-0.1, -0.05) is 18.2 Å². The molecule has 0 spiro atoms. The van der Waals surface area contributed by atoms with Crippen molar-refractivity contribution in [1.82, 2.24) is 5.32 Å². The van der Waals surface area contributed by atoms with Gasteiger partial charge in [-0.15, -0.1) is 0 Å². The Hall–Kier alpha value is -3.02. The predicted octanol–water partition coefficient (Wildman–Crippen LogP) is 3.65. The van der Waals surface area contributed by atoms with Crippen molar-refractivity contribution < 1.29 is 23.8 Å². The number of carbonyl (C=O) groups is 2. The van der Waals surface area contributed by atoms with Crippen LogP contribution in [-0.4, -0.2) is 39.6 Å². The molecule has 1 aliphatic carbocycles. The third-order valence-corrected chi connectivity index (χ3v) is 5.26. The third kappa shape index (κ3) is 3.92. The summed E-state index contributed by atoms with van der Waals surface area (Å²) in [5.41, 5.74) is 2.84. The van der Waals surface area contributed by atoms with E-state index >= 15 is 0 Å². The molecule has 29 heavy (non-hydrogen) atoms. The number of Topliss-reactive ketones (excluding diaryl/α,β-unsaturated/α-hetero) is 1. The molecular formula is C23H27NO5. The zero-order valence-electron chi connectivity index (χ0n) is 17.5. The number of benzene rings is 2. The van der Waals surface area contributed by atoms with E-state index in [4.69, 9.17) is 14.2 Å². The first kappa shape index (κ1) is 20.7. The lowest BCUT2D eigenvalue weighted by molar-refractivity contribution is -0.130. The van der Waals surface area contributed by atoms with Gasteiger partial charge >= 0.3 is 0 Å². The Morgan fingerprint density at radius 3 is 2.41 bits per heavy atom. The van der Waals surface area contributed by atoms with Crippen LogP contribution >= 0.6 is 0 Å². The van der Waals surface area contributed by atoms with Gasteiger partial charge in [-0.25, -0.2) is 0 Å². The van der Waals surface area contributed by atoms with Crippen molar-refractivity contribution in [3.8, 4) is 28.4 Å². The maximum absolute atomic E-state index is 12.2. The summed E-state index contributed by atoms with van der Waals surface area (Å²) in [5.74, 6) is 1.59. The molecule has 1 aliphatic rings. The summed E-state index contributed by atoms with van der Waals surface area (Å²) in [4.78, 5) is 24.1. The van der Waals surface area contributed by atoms with Gasteiger partial charge in [-0.05, 0) is 43.5 Å². The van der Waals surface area contributed by atoms with E-state index in [1.165, 1.54) is 0 Å². The van der Waals surface area contributed by atoms with Crippen molar-refractivity contribution in [1.29, 1.82) is 0 Å². The highest BCUT2D eigenvalue weighted by Crippen LogP contribution is 2.45. The Morgan fingerprint density at radius 2 is 1.76 bits per heavy atom. The maximum atomic E-state index is 12.2. The quantitative estimate of drug-likeness (QED) is 0.772. The average molecular weight is 397 g/mol. The number of ketones is 1. The van der Waals surface area contributed by atoms with E-state index in [0.29, 0.717) is 23.7 Å². The number of hydrogen-bond donors (Lipinski definition) is 1. The Kier molecular flexibility index (Phi) is 5.82. The number of rotatable bonds is 7. The molecule has 0 unspecified atom stereocenters. The van der Waals surface area contributed by atoms with Crippen LogP contribution in [0.3, 0.4) is 0 Å². The Labute approximate surface area is 171 Å². The summed E-state index contributed by atoms with van der Waals surface area (Å²) in [5, 5.41) is 2.66. The van der Waals surface area contributed by atoms with Crippen molar-refractivity contribution in [2.24, 2.45) is 5.41 Å². The van der Waals surface area contributed by atoms with Crippen LogP contribution in [0.25, 0.3) is 11.1 Å². The van der Waals surface area contributed by atoms with Crippen LogP contribution < -0.4 is 19.5 Å². The van der Waals surface area contributed by atoms with Crippen molar-refractivity contribution in [3.63, 3.8) is 0 Å². The molecule has 3 rings (SSSR count). The van der Waals surface area contributed by atoms with Gasteiger partial charge in [-0.2, -0.15) is 0 Å². The maximum Gasteiger partial charge on any atom is 0.228 e. The van der Waals surface area contributed by atoms with E-state index in [2.05, 4.69) is 5.32 Å². The number of ether oxygens (including phenoxy) is 3. The summed E-state index contributed by atoms with van der Waals surface area (Å²) < 4.78 is 17.2. The minimum atomic E-state index is -0.732. The fraction of sp³-hybridized carbons (Fsp3) is 0.391. The normalized spacial score (nSPS) is 13.1. The fourth-order valence-corrected chi connectivity index (χ4v) is 3.55. The number of methoxy groups -OCH3 is 2. The van der Waals surface area contributed by atoms with Crippen LogP contribution in [0.4, 0.5) is 0 Å². The predicted molar refractivity (Wildman–Crippen MR) is 111 cm³/mol. The van der Waals surface area contributed by atoms with E-state index in [1.807, 2.05) is 44.2 Å². The van der Waals surface area contributed by atoms with Gasteiger partial charge in [0.15, 0.2) is 17.3 Å². The zero-order chi connectivity index (χ0) is 21.2. The SMILES string of the molecule is CNC(=O)C(C)(C)COc1c(-c2ccc3c(c2)CCC3=O)ccc(OC)c1OC. The lowest BCUT2D eigenvalue weighted by atomic mass is 9.93. The Morgan fingerprint density at radius 1 is 1.03 bits per heavy atom. The zero-order valence-corrected chi connectivity index (χ0v) is 17.5. The number of hydrogen-bond acceptors (Lipinski definition) is 5. The lowest BCUT2D eigenvalue weighted by Gasteiger charge is -2.25. The van der Waals surface area contributed by atoms with E-state index in [1.54, 1.807) is 21.3 Å². The third-order valence-electron chi connectivity index (χ3n) is 5.26. The molecule has 0 fully saturated rings.